The predicted octanol–water partition coefficient (Wildman–Crippen LogP) is 3.42. The van der Waals surface area contributed by atoms with Crippen LogP contribution in [0.5, 0.6) is 5.75 Å². The van der Waals surface area contributed by atoms with Crippen LogP contribution in [0, 0.1) is 13.8 Å². The maximum Gasteiger partial charge on any atom is 0.140 e. The maximum atomic E-state index is 11.7. The van der Waals surface area contributed by atoms with Crippen LogP contribution in [0.4, 0.5) is 0 Å². The van der Waals surface area contributed by atoms with Crippen molar-refractivity contribution in [1.29, 1.82) is 0 Å². The molecule has 0 saturated heterocycles. The zero-order valence-electron chi connectivity index (χ0n) is 13.2. The Morgan fingerprint density at radius 2 is 1.71 bits per heavy atom. The summed E-state index contributed by atoms with van der Waals surface area (Å²) >= 11 is 0. The highest BCUT2D eigenvalue weighted by molar-refractivity contribution is 6.02. The third-order valence-electron chi connectivity index (χ3n) is 4.73. The van der Waals surface area contributed by atoms with E-state index in [0.29, 0.717) is 12.8 Å². The molecule has 0 amide bonds. The van der Waals surface area contributed by atoms with Crippen LogP contribution in [0.1, 0.15) is 61.3 Å². The molecule has 1 saturated carbocycles. The summed E-state index contributed by atoms with van der Waals surface area (Å²) in [6.45, 7) is 8.33. The number of carbonyl (C=O) groups excluding carboxylic acids is 2. The predicted molar refractivity (Wildman–Crippen MR) is 80.9 cm³/mol. The highest BCUT2D eigenvalue weighted by Gasteiger charge is 2.34. The molecule has 112 valence electrons. The molecule has 3 nitrogen and oxygen atoms in total. The molecule has 0 unspecified atom stereocenters. The number of rotatable bonds is 1. The van der Waals surface area contributed by atoms with Crippen LogP contribution in [0.15, 0.2) is 6.07 Å². The van der Waals surface area contributed by atoms with Crippen LogP contribution in [0.3, 0.4) is 0 Å². The molecule has 1 aliphatic heterocycles. The average Bonchev–Trinajstić information content (AvgIpc) is 2.67. The molecular weight excluding hydrogens is 264 g/mol. The second-order valence-electron chi connectivity index (χ2n) is 7.10. The first-order valence-electron chi connectivity index (χ1n) is 7.62. The van der Waals surface area contributed by atoms with E-state index < -0.39 is 0 Å². The molecule has 0 N–H and O–H groups in total. The van der Waals surface area contributed by atoms with E-state index in [4.69, 9.17) is 4.74 Å². The zero-order chi connectivity index (χ0) is 15.4. The number of ether oxygens (including phenoxy) is 1. The summed E-state index contributed by atoms with van der Waals surface area (Å²) in [5, 5.41) is 0. The van der Waals surface area contributed by atoms with Gasteiger partial charge in [-0.3, -0.25) is 9.59 Å². The van der Waals surface area contributed by atoms with Crippen molar-refractivity contribution >= 4 is 11.6 Å². The van der Waals surface area contributed by atoms with Crippen molar-refractivity contribution in [2.24, 2.45) is 0 Å². The highest BCUT2D eigenvalue weighted by atomic mass is 16.5. The Balaban J connectivity index is 2.03. The molecule has 0 aromatic heterocycles. The highest BCUT2D eigenvalue weighted by Crippen LogP contribution is 2.43. The number of benzene rings is 1. The first-order valence-corrected chi connectivity index (χ1v) is 7.62. The second kappa shape index (κ2) is 4.69. The van der Waals surface area contributed by atoms with E-state index >= 15 is 0 Å². The molecule has 2 aliphatic rings. The molecule has 1 aromatic rings. The summed E-state index contributed by atoms with van der Waals surface area (Å²) in [7, 11) is 0. The molecule has 1 heterocycles. The van der Waals surface area contributed by atoms with Gasteiger partial charge in [-0.15, -0.1) is 0 Å². The molecule has 0 atom stereocenters. The molecular formula is C18H22O3. The molecule has 0 spiro atoms. The summed E-state index contributed by atoms with van der Waals surface area (Å²) in [4.78, 5) is 23.5. The number of fused-ring (bicyclic) bond motifs is 1. The Morgan fingerprint density at radius 3 is 2.33 bits per heavy atom. The SMILES string of the molecule is Cc1c(C2CC(=O)CC(=O)C2)cc2c(c1C)OC(C)(C)C2. The van der Waals surface area contributed by atoms with Crippen molar-refractivity contribution < 1.29 is 14.3 Å². The van der Waals surface area contributed by atoms with Gasteiger partial charge in [-0.25, -0.2) is 0 Å². The van der Waals surface area contributed by atoms with E-state index in [9.17, 15) is 9.59 Å². The topological polar surface area (TPSA) is 43.4 Å². The van der Waals surface area contributed by atoms with Gasteiger partial charge in [0.1, 0.15) is 22.9 Å². The van der Waals surface area contributed by atoms with E-state index in [1.54, 1.807) is 0 Å². The van der Waals surface area contributed by atoms with E-state index in [-0.39, 0.29) is 29.5 Å². The molecule has 21 heavy (non-hydrogen) atoms. The molecule has 1 fully saturated rings. The lowest BCUT2D eigenvalue weighted by atomic mass is 9.79. The molecule has 1 aromatic carbocycles. The summed E-state index contributed by atoms with van der Waals surface area (Å²) in [5.74, 6) is 1.19. The van der Waals surface area contributed by atoms with Gasteiger partial charge in [-0.1, -0.05) is 6.07 Å². The Kier molecular flexibility index (Phi) is 3.19. The van der Waals surface area contributed by atoms with Crippen LogP contribution < -0.4 is 4.74 Å². The summed E-state index contributed by atoms with van der Waals surface area (Å²) in [5.41, 5.74) is 4.52. The lowest BCUT2D eigenvalue weighted by Gasteiger charge is -2.24. The minimum atomic E-state index is -0.170. The number of ketones is 2. The van der Waals surface area contributed by atoms with Gasteiger partial charge in [-0.05, 0) is 55.9 Å². The fourth-order valence-corrected chi connectivity index (χ4v) is 3.66. The van der Waals surface area contributed by atoms with Crippen LogP contribution in [-0.4, -0.2) is 17.2 Å². The molecule has 0 bridgehead atoms. The summed E-state index contributed by atoms with van der Waals surface area (Å²) < 4.78 is 6.06. The number of carbonyl (C=O) groups is 2. The maximum absolute atomic E-state index is 11.7. The fraction of sp³-hybridized carbons (Fsp3) is 0.556. The lowest BCUT2D eigenvalue weighted by Crippen LogP contribution is -2.24. The number of hydrogen-bond donors (Lipinski definition) is 0. The van der Waals surface area contributed by atoms with Gasteiger partial charge in [-0.2, -0.15) is 0 Å². The largest absolute Gasteiger partial charge is 0.487 e. The van der Waals surface area contributed by atoms with E-state index in [1.807, 2.05) is 0 Å². The van der Waals surface area contributed by atoms with Crippen molar-refractivity contribution in [1.82, 2.24) is 0 Å². The molecule has 0 radical (unpaired) electrons. The van der Waals surface area contributed by atoms with E-state index in [0.717, 1.165) is 23.3 Å². The Labute approximate surface area is 125 Å². The van der Waals surface area contributed by atoms with E-state index in [1.165, 1.54) is 11.1 Å². The quantitative estimate of drug-likeness (QED) is 0.743. The summed E-state index contributed by atoms with van der Waals surface area (Å²) in [6, 6.07) is 2.17. The van der Waals surface area contributed by atoms with Gasteiger partial charge in [0.15, 0.2) is 0 Å². The van der Waals surface area contributed by atoms with Crippen LogP contribution >= 0.6 is 0 Å². The second-order valence-corrected chi connectivity index (χ2v) is 7.10. The van der Waals surface area contributed by atoms with Crippen LogP contribution in [0.2, 0.25) is 0 Å². The Bertz CT molecular complexity index is 624. The fourth-order valence-electron chi connectivity index (χ4n) is 3.66. The van der Waals surface area contributed by atoms with Gasteiger partial charge in [0, 0.05) is 19.3 Å². The van der Waals surface area contributed by atoms with Gasteiger partial charge >= 0.3 is 0 Å². The van der Waals surface area contributed by atoms with Crippen molar-refractivity contribution in [2.45, 2.75) is 64.9 Å². The van der Waals surface area contributed by atoms with Gasteiger partial charge < -0.3 is 4.74 Å². The van der Waals surface area contributed by atoms with E-state index in [2.05, 4.69) is 33.8 Å². The van der Waals surface area contributed by atoms with Crippen molar-refractivity contribution in [3.05, 3.63) is 28.3 Å². The lowest BCUT2D eigenvalue weighted by molar-refractivity contribution is -0.130. The molecule has 1 aliphatic carbocycles. The minimum absolute atomic E-state index is 0.0477. The molecule has 3 heteroatoms. The minimum Gasteiger partial charge on any atom is -0.487 e. The third-order valence-corrected chi connectivity index (χ3v) is 4.73. The average molecular weight is 286 g/mol. The smallest absolute Gasteiger partial charge is 0.140 e. The third kappa shape index (κ3) is 2.50. The van der Waals surface area contributed by atoms with Crippen LogP contribution in [0.25, 0.3) is 0 Å². The van der Waals surface area contributed by atoms with Gasteiger partial charge in [0.05, 0.1) is 6.42 Å². The molecule has 3 rings (SSSR count). The van der Waals surface area contributed by atoms with Crippen molar-refractivity contribution in [3.63, 3.8) is 0 Å². The Hall–Kier alpha value is -1.64. The van der Waals surface area contributed by atoms with Crippen molar-refractivity contribution in [3.8, 4) is 5.75 Å². The van der Waals surface area contributed by atoms with Crippen LogP contribution in [-0.2, 0) is 16.0 Å². The first-order chi connectivity index (χ1) is 9.77. The zero-order valence-corrected chi connectivity index (χ0v) is 13.2. The first kappa shape index (κ1) is 14.3. The normalized spacial score (nSPS) is 21.3. The number of Topliss-reactive ketones (excluding diaryl/α,β-unsaturated/α-hetero) is 2. The monoisotopic (exact) mass is 286 g/mol. The van der Waals surface area contributed by atoms with Gasteiger partial charge in [0.2, 0.25) is 0 Å². The van der Waals surface area contributed by atoms with Crippen molar-refractivity contribution in [2.75, 3.05) is 0 Å². The Morgan fingerprint density at radius 1 is 1.10 bits per heavy atom. The standard InChI is InChI=1S/C18H22O3/c1-10-11(2)17-13(9-18(3,4)21-17)7-16(10)12-5-14(19)8-15(20)6-12/h7,12H,5-6,8-9H2,1-4H3. The summed E-state index contributed by atoms with van der Waals surface area (Å²) in [6.07, 6.45) is 1.99. The number of hydrogen-bond acceptors (Lipinski definition) is 3. The van der Waals surface area contributed by atoms with Gasteiger partial charge in [0.25, 0.3) is 0 Å².